The second kappa shape index (κ2) is 5.24. The summed E-state index contributed by atoms with van der Waals surface area (Å²) in [6, 6.07) is 3.44. The molecule has 6 heteroatoms. The molecule has 0 aliphatic heterocycles. The SMILES string of the molecule is Cc1ccc(O)c(C)c1-c1cn2c(C3CC3)ncc2c(C(=O)O)c1N. The van der Waals surface area contributed by atoms with Crippen molar-refractivity contribution >= 4 is 17.2 Å². The zero-order valence-corrected chi connectivity index (χ0v) is 14.1. The lowest BCUT2D eigenvalue weighted by molar-refractivity contribution is 0.0699. The first-order chi connectivity index (χ1) is 11.9. The number of nitrogens with zero attached hydrogens (tertiary/aromatic N) is 2. The molecule has 2 aromatic heterocycles. The topological polar surface area (TPSA) is 101 Å². The van der Waals surface area contributed by atoms with Gasteiger partial charge in [0.1, 0.15) is 17.1 Å². The van der Waals surface area contributed by atoms with Crippen molar-refractivity contribution < 1.29 is 15.0 Å². The Labute approximate surface area is 144 Å². The van der Waals surface area contributed by atoms with Crippen molar-refractivity contribution in [3.8, 4) is 16.9 Å². The molecular formula is C19H19N3O3. The Bertz CT molecular complexity index is 1030. The molecule has 1 fully saturated rings. The number of carbonyl (C=O) groups is 1. The quantitative estimate of drug-likeness (QED) is 0.679. The summed E-state index contributed by atoms with van der Waals surface area (Å²) in [4.78, 5) is 16.3. The Morgan fingerprint density at radius 3 is 2.68 bits per heavy atom. The van der Waals surface area contributed by atoms with Crippen molar-refractivity contribution in [3.05, 3.63) is 47.0 Å². The number of aromatic carboxylic acids is 1. The zero-order chi connectivity index (χ0) is 17.9. The fourth-order valence-corrected chi connectivity index (χ4v) is 3.49. The second-order valence-corrected chi connectivity index (χ2v) is 6.68. The van der Waals surface area contributed by atoms with Crippen LogP contribution in [0.5, 0.6) is 5.75 Å². The molecule has 25 heavy (non-hydrogen) atoms. The lowest BCUT2D eigenvalue weighted by atomic mass is 9.93. The highest BCUT2D eigenvalue weighted by Crippen LogP contribution is 2.42. The molecule has 6 nitrogen and oxygen atoms in total. The molecule has 1 aromatic carbocycles. The van der Waals surface area contributed by atoms with Gasteiger partial charge in [-0.25, -0.2) is 9.78 Å². The van der Waals surface area contributed by atoms with Gasteiger partial charge >= 0.3 is 5.97 Å². The van der Waals surface area contributed by atoms with Gasteiger partial charge in [0.2, 0.25) is 0 Å². The minimum atomic E-state index is -1.08. The Balaban J connectivity index is 2.11. The minimum absolute atomic E-state index is 0.0547. The molecule has 0 unspecified atom stereocenters. The predicted octanol–water partition coefficient (Wildman–Crippen LogP) is 3.48. The maximum atomic E-state index is 11.9. The molecule has 1 aliphatic carbocycles. The molecule has 4 N–H and O–H groups in total. The third kappa shape index (κ3) is 2.25. The van der Waals surface area contributed by atoms with E-state index in [-0.39, 0.29) is 17.0 Å². The molecule has 1 aliphatic rings. The van der Waals surface area contributed by atoms with Gasteiger partial charge in [-0.3, -0.25) is 0 Å². The van der Waals surface area contributed by atoms with Crippen LogP contribution < -0.4 is 5.73 Å². The van der Waals surface area contributed by atoms with Crippen molar-refractivity contribution in [3.63, 3.8) is 0 Å². The molecule has 3 aromatic rings. The first-order valence-electron chi connectivity index (χ1n) is 8.22. The van der Waals surface area contributed by atoms with E-state index in [1.807, 2.05) is 17.5 Å². The number of phenols is 1. The number of imidazole rings is 1. The number of carboxylic acids is 1. The van der Waals surface area contributed by atoms with Crippen LogP contribution in [0.1, 0.15) is 46.1 Å². The van der Waals surface area contributed by atoms with E-state index in [1.165, 1.54) is 0 Å². The number of benzene rings is 1. The van der Waals surface area contributed by atoms with E-state index in [4.69, 9.17) is 5.73 Å². The largest absolute Gasteiger partial charge is 0.508 e. The number of aromatic hydroxyl groups is 1. The first-order valence-corrected chi connectivity index (χ1v) is 8.22. The Morgan fingerprint density at radius 2 is 2.04 bits per heavy atom. The second-order valence-electron chi connectivity index (χ2n) is 6.68. The number of nitrogen functional groups attached to an aromatic ring is 1. The Kier molecular flexibility index (Phi) is 3.25. The van der Waals surface area contributed by atoms with E-state index in [2.05, 4.69) is 4.98 Å². The van der Waals surface area contributed by atoms with Gasteiger partial charge in [-0.1, -0.05) is 6.07 Å². The summed E-state index contributed by atoms with van der Waals surface area (Å²) in [5.74, 6) is 0.313. The van der Waals surface area contributed by atoms with Crippen LogP contribution in [0.3, 0.4) is 0 Å². The van der Waals surface area contributed by atoms with Gasteiger partial charge in [-0.2, -0.15) is 0 Å². The number of aryl methyl sites for hydroxylation is 1. The number of hydrogen-bond donors (Lipinski definition) is 3. The van der Waals surface area contributed by atoms with E-state index in [9.17, 15) is 15.0 Å². The van der Waals surface area contributed by atoms with Crippen molar-refractivity contribution in [1.82, 2.24) is 9.38 Å². The van der Waals surface area contributed by atoms with Gasteiger partial charge in [-0.15, -0.1) is 0 Å². The lowest BCUT2D eigenvalue weighted by Crippen LogP contribution is -2.09. The number of aromatic nitrogens is 2. The molecule has 0 spiro atoms. The Hall–Kier alpha value is -3.02. The third-order valence-electron chi connectivity index (χ3n) is 4.97. The molecule has 128 valence electrons. The van der Waals surface area contributed by atoms with Crippen LogP contribution >= 0.6 is 0 Å². The van der Waals surface area contributed by atoms with Crippen LogP contribution in [-0.4, -0.2) is 25.6 Å². The van der Waals surface area contributed by atoms with Gasteiger partial charge < -0.3 is 20.3 Å². The van der Waals surface area contributed by atoms with Crippen LogP contribution in [0.4, 0.5) is 5.69 Å². The summed E-state index contributed by atoms with van der Waals surface area (Å²) >= 11 is 0. The van der Waals surface area contributed by atoms with E-state index in [0.717, 1.165) is 29.8 Å². The van der Waals surface area contributed by atoms with Crippen LogP contribution in [0.15, 0.2) is 24.5 Å². The van der Waals surface area contributed by atoms with E-state index >= 15 is 0 Å². The van der Waals surface area contributed by atoms with E-state index < -0.39 is 5.97 Å². The average molecular weight is 337 g/mol. The number of pyridine rings is 1. The molecule has 0 atom stereocenters. The zero-order valence-electron chi connectivity index (χ0n) is 14.1. The van der Waals surface area contributed by atoms with Gasteiger partial charge in [0.05, 0.1) is 17.4 Å². The van der Waals surface area contributed by atoms with Crippen LogP contribution in [-0.2, 0) is 0 Å². The summed E-state index contributed by atoms with van der Waals surface area (Å²) in [5, 5.41) is 19.8. The fourth-order valence-electron chi connectivity index (χ4n) is 3.49. The summed E-state index contributed by atoms with van der Waals surface area (Å²) in [7, 11) is 0. The van der Waals surface area contributed by atoms with Gasteiger partial charge in [0, 0.05) is 17.7 Å². The van der Waals surface area contributed by atoms with Crippen molar-refractivity contribution in [2.24, 2.45) is 0 Å². The highest BCUT2D eigenvalue weighted by molar-refractivity contribution is 6.05. The summed E-state index contributed by atoms with van der Waals surface area (Å²) in [5.41, 5.74) is 9.99. The number of nitrogens with two attached hydrogens (primary N) is 1. The van der Waals surface area contributed by atoms with Gasteiger partial charge in [0.25, 0.3) is 0 Å². The molecule has 0 radical (unpaired) electrons. The highest BCUT2D eigenvalue weighted by atomic mass is 16.4. The van der Waals surface area contributed by atoms with Crippen molar-refractivity contribution in [2.45, 2.75) is 32.6 Å². The number of carboxylic acid groups (broad SMARTS) is 1. The highest BCUT2D eigenvalue weighted by Gasteiger charge is 2.30. The maximum Gasteiger partial charge on any atom is 0.340 e. The van der Waals surface area contributed by atoms with Crippen LogP contribution in [0.2, 0.25) is 0 Å². The molecule has 4 rings (SSSR count). The van der Waals surface area contributed by atoms with Crippen LogP contribution in [0.25, 0.3) is 16.6 Å². The molecular weight excluding hydrogens is 318 g/mol. The lowest BCUT2D eigenvalue weighted by Gasteiger charge is -2.17. The number of rotatable bonds is 3. The van der Waals surface area contributed by atoms with E-state index in [0.29, 0.717) is 22.6 Å². The number of fused-ring (bicyclic) bond motifs is 1. The number of anilines is 1. The van der Waals surface area contributed by atoms with Crippen LogP contribution in [0, 0.1) is 13.8 Å². The molecule has 0 saturated heterocycles. The summed E-state index contributed by atoms with van der Waals surface area (Å²) in [6.07, 6.45) is 5.56. The Morgan fingerprint density at radius 1 is 1.32 bits per heavy atom. The average Bonchev–Trinajstić information content (AvgIpc) is 3.32. The minimum Gasteiger partial charge on any atom is -0.508 e. The number of hydrogen-bond acceptors (Lipinski definition) is 4. The molecule has 0 bridgehead atoms. The monoisotopic (exact) mass is 337 g/mol. The first kappa shape index (κ1) is 15.5. The molecule has 2 heterocycles. The van der Waals surface area contributed by atoms with E-state index in [1.54, 1.807) is 25.3 Å². The van der Waals surface area contributed by atoms with Gasteiger partial charge in [-0.05, 0) is 49.4 Å². The normalized spacial score (nSPS) is 14.2. The maximum absolute atomic E-state index is 11.9. The van der Waals surface area contributed by atoms with Gasteiger partial charge in [0.15, 0.2) is 0 Å². The predicted molar refractivity (Wildman–Crippen MR) is 95.1 cm³/mol. The molecule has 0 amide bonds. The standard InChI is InChI=1S/C19H19N3O3/c1-9-3-6-14(23)10(2)15(9)12-8-22-13(16(17(12)20)19(24)25)7-21-18(22)11-4-5-11/h3,6-8,11,23H,4-5,20H2,1-2H3,(H,24,25). The summed E-state index contributed by atoms with van der Waals surface area (Å²) < 4.78 is 1.84. The fraction of sp³-hybridized carbons (Fsp3) is 0.263. The molecule has 1 saturated carbocycles. The summed E-state index contributed by atoms with van der Waals surface area (Å²) in [6.45, 7) is 3.72. The van der Waals surface area contributed by atoms with Crippen molar-refractivity contribution in [1.29, 1.82) is 0 Å². The van der Waals surface area contributed by atoms with Crippen molar-refractivity contribution in [2.75, 3.05) is 5.73 Å². The smallest absolute Gasteiger partial charge is 0.340 e. The third-order valence-corrected chi connectivity index (χ3v) is 4.97. The number of phenolic OH excluding ortho intramolecular Hbond substituents is 1.